The Morgan fingerprint density at radius 2 is 1.78 bits per heavy atom. The first-order valence-electron chi connectivity index (χ1n) is 8.39. The molecule has 2 aromatic heterocycles. The van der Waals surface area contributed by atoms with Crippen LogP contribution in [-0.4, -0.2) is 14.2 Å². The summed E-state index contributed by atoms with van der Waals surface area (Å²) in [6, 6.07) is 12.4. The molecule has 0 radical (unpaired) electrons. The molecule has 138 valence electrons. The van der Waals surface area contributed by atoms with Gasteiger partial charge in [0.25, 0.3) is 0 Å². The second-order valence-electron chi connectivity index (χ2n) is 6.16. The first kappa shape index (κ1) is 17.0. The molecule has 2 heterocycles. The molecule has 4 rings (SSSR count). The largest absolute Gasteiger partial charge is 0.497 e. The van der Waals surface area contributed by atoms with Crippen molar-refractivity contribution in [2.24, 2.45) is 0 Å². The zero-order valence-corrected chi connectivity index (χ0v) is 15.2. The second-order valence-corrected chi connectivity index (χ2v) is 6.16. The van der Waals surface area contributed by atoms with E-state index in [0.717, 1.165) is 16.3 Å². The molecule has 0 aliphatic carbocycles. The van der Waals surface area contributed by atoms with Crippen LogP contribution in [0.2, 0.25) is 0 Å². The van der Waals surface area contributed by atoms with Gasteiger partial charge in [-0.15, -0.1) is 0 Å². The number of furan rings is 1. The molecule has 0 unspecified atom stereocenters. The van der Waals surface area contributed by atoms with Crippen molar-refractivity contribution in [2.45, 2.75) is 13.5 Å². The lowest BCUT2D eigenvalue weighted by Gasteiger charge is -2.06. The third-order valence-corrected chi connectivity index (χ3v) is 4.37. The van der Waals surface area contributed by atoms with Gasteiger partial charge in [-0.05, 0) is 36.8 Å². The Balaban J connectivity index is 1.61. The number of hydrogen-bond acceptors (Lipinski definition) is 6. The van der Waals surface area contributed by atoms with E-state index in [-0.39, 0.29) is 12.2 Å². The molecule has 0 bridgehead atoms. The number of rotatable bonds is 5. The number of ether oxygens (including phenoxy) is 3. The highest BCUT2D eigenvalue weighted by atomic mass is 16.5. The molecule has 0 spiro atoms. The topological polar surface area (TPSA) is 71.0 Å². The van der Waals surface area contributed by atoms with Crippen LogP contribution in [0.5, 0.6) is 17.2 Å². The predicted octanol–water partition coefficient (Wildman–Crippen LogP) is 4.44. The van der Waals surface area contributed by atoms with Crippen LogP contribution in [0.15, 0.2) is 56.1 Å². The molecular formula is C21H18O6. The average Bonchev–Trinajstić information content (AvgIpc) is 3.08. The van der Waals surface area contributed by atoms with E-state index in [1.165, 1.54) is 6.07 Å². The third kappa shape index (κ3) is 3.21. The van der Waals surface area contributed by atoms with Gasteiger partial charge in [-0.1, -0.05) is 0 Å². The van der Waals surface area contributed by atoms with E-state index in [1.807, 2.05) is 31.2 Å². The van der Waals surface area contributed by atoms with Crippen molar-refractivity contribution in [1.82, 2.24) is 0 Å². The number of hydrogen-bond donors (Lipinski definition) is 0. The summed E-state index contributed by atoms with van der Waals surface area (Å²) in [7, 11) is 3.18. The quantitative estimate of drug-likeness (QED) is 0.486. The number of fused-ring (bicyclic) bond motifs is 2. The van der Waals surface area contributed by atoms with E-state index in [2.05, 4.69) is 0 Å². The van der Waals surface area contributed by atoms with Gasteiger partial charge in [-0.25, -0.2) is 4.79 Å². The van der Waals surface area contributed by atoms with Gasteiger partial charge in [0.05, 0.1) is 14.2 Å². The molecule has 6 heteroatoms. The summed E-state index contributed by atoms with van der Waals surface area (Å²) in [5.74, 6) is 2.51. The monoisotopic (exact) mass is 366 g/mol. The molecule has 2 aromatic carbocycles. The molecule has 6 nitrogen and oxygen atoms in total. The molecule has 0 saturated heterocycles. The lowest BCUT2D eigenvalue weighted by atomic mass is 10.1. The van der Waals surface area contributed by atoms with Gasteiger partial charge in [0.2, 0.25) is 0 Å². The van der Waals surface area contributed by atoms with Crippen molar-refractivity contribution in [2.75, 3.05) is 14.2 Å². The van der Waals surface area contributed by atoms with Gasteiger partial charge in [0, 0.05) is 29.0 Å². The van der Waals surface area contributed by atoms with Crippen LogP contribution in [0.1, 0.15) is 11.3 Å². The molecule has 0 aliphatic rings. The van der Waals surface area contributed by atoms with Crippen LogP contribution in [0.4, 0.5) is 0 Å². The fraction of sp³-hybridized carbons (Fsp3) is 0.190. The van der Waals surface area contributed by atoms with Crippen molar-refractivity contribution >= 4 is 21.9 Å². The van der Waals surface area contributed by atoms with E-state index in [1.54, 1.807) is 26.4 Å². The zero-order chi connectivity index (χ0) is 19.0. The van der Waals surface area contributed by atoms with Gasteiger partial charge >= 0.3 is 5.63 Å². The minimum Gasteiger partial charge on any atom is -0.497 e. The minimum atomic E-state index is -0.379. The number of aryl methyl sites for hydroxylation is 1. The highest BCUT2D eigenvalue weighted by Crippen LogP contribution is 2.34. The van der Waals surface area contributed by atoms with Crippen molar-refractivity contribution in [3.8, 4) is 17.2 Å². The van der Waals surface area contributed by atoms with E-state index in [0.29, 0.717) is 34.2 Å². The molecular weight excluding hydrogens is 348 g/mol. The molecule has 4 aromatic rings. The summed E-state index contributed by atoms with van der Waals surface area (Å²) in [5, 5.41) is 1.74. The van der Waals surface area contributed by atoms with Crippen molar-refractivity contribution in [1.29, 1.82) is 0 Å². The van der Waals surface area contributed by atoms with Crippen LogP contribution < -0.4 is 19.8 Å². The zero-order valence-electron chi connectivity index (χ0n) is 15.2. The fourth-order valence-electron chi connectivity index (χ4n) is 3.04. The molecule has 27 heavy (non-hydrogen) atoms. The average molecular weight is 366 g/mol. The van der Waals surface area contributed by atoms with Crippen molar-refractivity contribution in [3.63, 3.8) is 0 Å². The second kappa shape index (κ2) is 6.72. The van der Waals surface area contributed by atoms with E-state index in [4.69, 9.17) is 23.0 Å². The molecule has 0 fully saturated rings. The molecule has 0 saturated carbocycles. The molecule has 0 amide bonds. The Morgan fingerprint density at radius 3 is 2.56 bits per heavy atom. The van der Waals surface area contributed by atoms with Crippen LogP contribution in [0.25, 0.3) is 21.9 Å². The Kier molecular flexibility index (Phi) is 4.24. The SMILES string of the molecule is COc1cc(OC)c2oc(COc3ccc4c(C)cc(=O)oc4c3)cc2c1. The van der Waals surface area contributed by atoms with Crippen LogP contribution in [-0.2, 0) is 6.61 Å². The van der Waals surface area contributed by atoms with Crippen molar-refractivity contribution < 1.29 is 23.0 Å². The van der Waals surface area contributed by atoms with Gasteiger partial charge in [0.15, 0.2) is 11.3 Å². The Labute approximate surface area is 154 Å². The van der Waals surface area contributed by atoms with E-state index >= 15 is 0 Å². The lowest BCUT2D eigenvalue weighted by Crippen LogP contribution is -1.98. The molecule has 0 atom stereocenters. The predicted molar refractivity (Wildman–Crippen MR) is 101 cm³/mol. The fourth-order valence-corrected chi connectivity index (χ4v) is 3.04. The first-order chi connectivity index (χ1) is 13.1. The van der Waals surface area contributed by atoms with E-state index in [9.17, 15) is 4.79 Å². The standard InChI is InChI=1S/C21H18O6/c1-12-6-20(22)27-18-9-14(4-5-17(12)18)25-11-16-8-13-7-15(23-2)10-19(24-3)21(13)26-16/h4-10H,11H2,1-3H3. The summed E-state index contributed by atoms with van der Waals surface area (Å²) in [5.41, 5.74) is 1.62. The number of benzene rings is 2. The smallest absolute Gasteiger partial charge is 0.336 e. The normalized spacial score (nSPS) is 11.1. The summed E-state index contributed by atoms with van der Waals surface area (Å²) in [4.78, 5) is 11.6. The summed E-state index contributed by atoms with van der Waals surface area (Å²) < 4.78 is 27.6. The summed E-state index contributed by atoms with van der Waals surface area (Å²) in [6.07, 6.45) is 0. The Hall–Kier alpha value is -3.41. The van der Waals surface area contributed by atoms with E-state index < -0.39 is 0 Å². The maximum absolute atomic E-state index is 11.6. The summed E-state index contributed by atoms with van der Waals surface area (Å²) >= 11 is 0. The Morgan fingerprint density at radius 1 is 0.926 bits per heavy atom. The summed E-state index contributed by atoms with van der Waals surface area (Å²) in [6.45, 7) is 2.09. The van der Waals surface area contributed by atoms with Gasteiger partial charge < -0.3 is 23.0 Å². The maximum Gasteiger partial charge on any atom is 0.336 e. The van der Waals surface area contributed by atoms with Crippen LogP contribution in [0.3, 0.4) is 0 Å². The number of methoxy groups -OCH3 is 2. The molecule has 0 aliphatic heterocycles. The Bertz CT molecular complexity index is 1180. The van der Waals surface area contributed by atoms with Gasteiger partial charge in [0.1, 0.15) is 29.4 Å². The highest BCUT2D eigenvalue weighted by Gasteiger charge is 2.12. The third-order valence-electron chi connectivity index (χ3n) is 4.37. The van der Waals surface area contributed by atoms with Gasteiger partial charge in [-0.2, -0.15) is 0 Å². The first-order valence-corrected chi connectivity index (χ1v) is 8.39. The minimum absolute atomic E-state index is 0.224. The van der Waals surface area contributed by atoms with Crippen molar-refractivity contribution in [3.05, 3.63) is 64.2 Å². The van der Waals surface area contributed by atoms with Gasteiger partial charge in [-0.3, -0.25) is 0 Å². The maximum atomic E-state index is 11.6. The molecule has 0 N–H and O–H groups in total. The lowest BCUT2D eigenvalue weighted by molar-refractivity contribution is 0.273. The van der Waals surface area contributed by atoms with Crippen LogP contribution >= 0.6 is 0 Å². The highest BCUT2D eigenvalue weighted by molar-refractivity contribution is 5.85. The van der Waals surface area contributed by atoms with Crippen LogP contribution in [0, 0.1) is 6.92 Å².